The molecule has 1 aromatic rings. The molecule has 0 aromatic heterocycles. The third-order valence-electron chi connectivity index (χ3n) is 1.89. The monoisotopic (exact) mass is 288 g/mol. The van der Waals surface area contributed by atoms with E-state index in [1.54, 1.807) is 19.1 Å². The van der Waals surface area contributed by atoms with Crippen molar-refractivity contribution in [1.29, 1.82) is 0 Å². The number of benzene rings is 1. The fourth-order valence-corrected chi connectivity index (χ4v) is 1.15. The van der Waals surface area contributed by atoms with Crippen molar-refractivity contribution in [3.63, 3.8) is 0 Å². The molecule has 1 aromatic carbocycles. The molecule has 0 amide bonds. The molecule has 6 nitrogen and oxygen atoms in total. The van der Waals surface area contributed by atoms with E-state index in [1.165, 1.54) is 0 Å². The molecule has 1 unspecified atom stereocenters. The number of aliphatic hydroxyl groups excluding tert-OH is 3. The predicted octanol–water partition coefficient (Wildman–Crippen LogP) is 0.408. The molecule has 0 aliphatic carbocycles. The van der Waals surface area contributed by atoms with E-state index in [0.29, 0.717) is 32.2 Å². The number of hydrogen-bond donors (Lipinski definition) is 3. The summed E-state index contributed by atoms with van der Waals surface area (Å²) in [5.41, 5.74) is 0. The molecule has 0 aliphatic rings. The summed E-state index contributed by atoms with van der Waals surface area (Å²) in [7, 11) is 0. The molecule has 0 aliphatic heterocycles. The Morgan fingerprint density at radius 2 is 1.40 bits per heavy atom. The maximum atomic E-state index is 8.78. The standard InChI is InChI=1S/C8H10O2.C6H14O4/c1-7(9)10-8-5-3-2-4-6-8;7-1-3-9-5-6-10-4-2-8/h2-7,9H,1H3;7-8H,1-6H2. The lowest BCUT2D eigenvalue weighted by molar-refractivity contribution is -0.000289. The molecule has 1 atom stereocenters. The predicted molar refractivity (Wildman–Crippen MR) is 74.6 cm³/mol. The summed E-state index contributed by atoms with van der Waals surface area (Å²) >= 11 is 0. The Kier molecular flexibility index (Phi) is 13.4. The molecule has 0 saturated heterocycles. The zero-order chi connectivity index (χ0) is 15.1. The first kappa shape index (κ1) is 18.8. The summed E-state index contributed by atoms with van der Waals surface area (Å²) in [6.07, 6.45) is -0.734. The van der Waals surface area contributed by atoms with E-state index < -0.39 is 6.29 Å². The number of rotatable bonds is 9. The Bertz CT molecular complexity index is 283. The van der Waals surface area contributed by atoms with Crippen molar-refractivity contribution >= 4 is 0 Å². The molecule has 3 N–H and O–H groups in total. The van der Waals surface area contributed by atoms with Crippen molar-refractivity contribution in [2.24, 2.45) is 0 Å². The Morgan fingerprint density at radius 1 is 0.900 bits per heavy atom. The van der Waals surface area contributed by atoms with E-state index in [1.807, 2.05) is 18.2 Å². The Hall–Kier alpha value is -1.18. The van der Waals surface area contributed by atoms with Gasteiger partial charge in [0.1, 0.15) is 5.75 Å². The smallest absolute Gasteiger partial charge is 0.194 e. The number of ether oxygens (including phenoxy) is 3. The molecule has 20 heavy (non-hydrogen) atoms. The lowest BCUT2D eigenvalue weighted by atomic mass is 10.3. The molecule has 0 fully saturated rings. The molecule has 1 rings (SSSR count). The van der Waals surface area contributed by atoms with Gasteiger partial charge in [0.25, 0.3) is 0 Å². The van der Waals surface area contributed by atoms with Gasteiger partial charge in [-0.25, -0.2) is 0 Å². The number of hydrogen-bond acceptors (Lipinski definition) is 6. The van der Waals surface area contributed by atoms with Gasteiger partial charge in [0, 0.05) is 0 Å². The Balaban J connectivity index is 0.000000361. The lowest BCUT2D eigenvalue weighted by Gasteiger charge is -2.06. The van der Waals surface area contributed by atoms with Gasteiger partial charge in [-0.05, 0) is 19.1 Å². The number of para-hydroxylation sites is 1. The summed E-state index contributed by atoms with van der Waals surface area (Å²) in [5, 5.41) is 25.3. The molecular weight excluding hydrogens is 264 g/mol. The Labute approximate surface area is 119 Å². The van der Waals surface area contributed by atoms with Gasteiger partial charge in [-0.15, -0.1) is 0 Å². The van der Waals surface area contributed by atoms with Gasteiger partial charge >= 0.3 is 0 Å². The minimum absolute atomic E-state index is 0.0417. The van der Waals surface area contributed by atoms with Crippen molar-refractivity contribution < 1.29 is 29.5 Å². The first-order chi connectivity index (χ1) is 9.70. The molecule has 0 bridgehead atoms. The summed E-state index contributed by atoms with van der Waals surface area (Å²) in [5.74, 6) is 0.692. The van der Waals surface area contributed by atoms with Crippen LogP contribution in [0, 0.1) is 0 Å². The van der Waals surface area contributed by atoms with Crippen molar-refractivity contribution in [2.75, 3.05) is 39.6 Å². The van der Waals surface area contributed by atoms with Crippen LogP contribution in [0.5, 0.6) is 5.75 Å². The molecule has 0 spiro atoms. The zero-order valence-corrected chi connectivity index (χ0v) is 11.8. The van der Waals surface area contributed by atoms with Crippen molar-refractivity contribution in [3.8, 4) is 5.75 Å². The van der Waals surface area contributed by atoms with Gasteiger partial charge in [-0.3, -0.25) is 0 Å². The highest BCUT2D eigenvalue weighted by molar-refractivity contribution is 5.20. The molecule has 0 saturated carbocycles. The highest BCUT2D eigenvalue weighted by Crippen LogP contribution is 2.09. The normalized spacial score (nSPS) is 11.4. The van der Waals surface area contributed by atoms with Gasteiger partial charge in [-0.2, -0.15) is 0 Å². The second-order valence-electron chi connectivity index (χ2n) is 3.70. The Morgan fingerprint density at radius 3 is 1.80 bits per heavy atom. The van der Waals surface area contributed by atoms with Crippen molar-refractivity contribution in [2.45, 2.75) is 13.2 Å². The molecular formula is C14H24O6. The van der Waals surface area contributed by atoms with E-state index in [0.717, 1.165) is 0 Å². The van der Waals surface area contributed by atoms with Crippen LogP contribution in [0.4, 0.5) is 0 Å². The van der Waals surface area contributed by atoms with Crippen LogP contribution in [-0.4, -0.2) is 61.3 Å². The summed E-state index contributed by atoms with van der Waals surface area (Å²) in [6.45, 7) is 3.30. The first-order valence-electron chi connectivity index (χ1n) is 6.47. The van der Waals surface area contributed by atoms with Crippen molar-refractivity contribution in [3.05, 3.63) is 30.3 Å². The maximum Gasteiger partial charge on any atom is 0.194 e. The van der Waals surface area contributed by atoms with E-state index in [-0.39, 0.29) is 13.2 Å². The van der Waals surface area contributed by atoms with Crippen LogP contribution in [0.15, 0.2) is 30.3 Å². The topological polar surface area (TPSA) is 88.4 Å². The molecule has 6 heteroatoms. The zero-order valence-electron chi connectivity index (χ0n) is 11.8. The van der Waals surface area contributed by atoms with Crippen LogP contribution in [0.25, 0.3) is 0 Å². The second-order valence-corrected chi connectivity index (χ2v) is 3.70. The minimum atomic E-state index is -0.734. The van der Waals surface area contributed by atoms with E-state index >= 15 is 0 Å². The first-order valence-corrected chi connectivity index (χ1v) is 6.47. The fraction of sp³-hybridized carbons (Fsp3) is 0.571. The fourth-order valence-electron chi connectivity index (χ4n) is 1.15. The van der Waals surface area contributed by atoms with E-state index in [4.69, 9.17) is 29.5 Å². The summed E-state index contributed by atoms with van der Waals surface area (Å²) < 4.78 is 14.7. The van der Waals surface area contributed by atoms with Crippen LogP contribution in [0.1, 0.15) is 6.92 Å². The molecule has 116 valence electrons. The lowest BCUT2D eigenvalue weighted by Crippen LogP contribution is -2.09. The van der Waals surface area contributed by atoms with Gasteiger partial charge < -0.3 is 29.5 Å². The summed E-state index contributed by atoms with van der Waals surface area (Å²) in [6, 6.07) is 9.21. The van der Waals surface area contributed by atoms with Crippen LogP contribution in [0.2, 0.25) is 0 Å². The van der Waals surface area contributed by atoms with Gasteiger partial charge in [0.2, 0.25) is 0 Å². The molecule has 0 heterocycles. The summed E-state index contributed by atoms with van der Waals surface area (Å²) in [4.78, 5) is 0. The quantitative estimate of drug-likeness (QED) is 0.450. The van der Waals surface area contributed by atoms with Crippen LogP contribution in [0.3, 0.4) is 0 Å². The van der Waals surface area contributed by atoms with Crippen LogP contribution < -0.4 is 4.74 Å². The average molecular weight is 288 g/mol. The number of aliphatic hydroxyl groups is 3. The van der Waals surface area contributed by atoms with Crippen LogP contribution in [-0.2, 0) is 9.47 Å². The van der Waals surface area contributed by atoms with Crippen LogP contribution >= 0.6 is 0 Å². The molecule has 0 radical (unpaired) electrons. The van der Waals surface area contributed by atoms with Gasteiger partial charge in [0.05, 0.1) is 39.6 Å². The SMILES string of the molecule is CC(O)Oc1ccccc1.OCCOCCOCCO. The second kappa shape index (κ2) is 14.2. The maximum absolute atomic E-state index is 8.78. The average Bonchev–Trinajstić information content (AvgIpc) is 2.44. The highest BCUT2D eigenvalue weighted by atomic mass is 16.6. The highest BCUT2D eigenvalue weighted by Gasteiger charge is 1.94. The van der Waals surface area contributed by atoms with Gasteiger partial charge in [0.15, 0.2) is 6.29 Å². The van der Waals surface area contributed by atoms with E-state index in [9.17, 15) is 0 Å². The van der Waals surface area contributed by atoms with Gasteiger partial charge in [-0.1, -0.05) is 18.2 Å². The van der Waals surface area contributed by atoms with Crippen molar-refractivity contribution in [1.82, 2.24) is 0 Å². The third-order valence-corrected chi connectivity index (χ3v) is 1.89. The minimum Gasteiger partial charge on any atom is -0.465 e. The largest absolute Gasteiger partial charge is 0.465 e. The van der Waals surface area contributed by atoms with E-state index in [2.05, 4.69) is 0 Å². The third kappa shape index (κ3) is 13.3.